The molecule has 0 heterocycles. The van der Waals surface area contributed by atoms with Crippen LogP contribution in [0.25, 0.3) is 0 Å². The minimum Gasteiger partial charge on any atom is -0.283 e. The van der Waals surface area contributed by atoms with Gasteiger partial charge in [-0.15, -0.1) is 0 Å². The SMILES string of the molecule is NP(N)(=S)SC1CC1. The average Bonchev–Trinajstić information content (AvgIpc) is 2.12. The second kappa shape index (κ2) is 2.27. The number of hydrogen-bond donors (Lipinski definition) is 2. The van der Waals surface area contributed by atoms with E-state index in [9.17, 15) is 0 Å². The first kappa shape index (κ1) is 7.03. The Bertz CT molecular complexity index is 127. The Morgan fingerprint density at radius 2 is 2.00 bits per heavy atom. The molecule has 0 saturated heterocycles. The van der Waals surface area contributed by atoms with Crippen LogP contribution < -0.4 is 11.0 Å². The van der Waals surface area contributed by atoms with Gasteiger partial charge in [-0.25, -0.2) is 0 Å². The van der Waals surface area contributed by atoms with Gasteiger partial charge in [0.05, 0.1) is 0 Å². The van der Waals surface area contributed by atoms with Crippen molar-refractivity contribution in [3.05, 3.63) is 0 Å². The molecule has 0 unspecified atom stereocenters. The first-order valence-electron chi connectivity index (χ1n) is 2.43. The molecular formula is C3H9N2PS2. The summed E-state index contributed by atoms with van der Waals surface area (Å²) in [6.45, 7) is 0. The fourth-order valence-electron chi connectivity index (χ4n) is 0.406. The van der Waals surface area contributed by atoms with Crippen molar-refractivity contribution in [1.29, 1.82) is 0 Å². The van der Waals surface area contributed by atoms with E-state index >= 15 is 0 Å². The Hall–Kier alpha value is 0.920. The van der Waals surface area contributed by atoms with Crippen LogP contribution in [-0.2, 0) is 11.8 Å². The zero-order chi connectivity index (χ0) is 6.20. The summed E-state index contributed by atoms with van der Waals surface area (Å²) in [5.41, 5.74) is 8.98. The van der Waals surface area contributed by atoms with Gasteiger partial charge in [0.25, 0.3) is 0 Å². The average molecular weight is 168 g/mol. The van der Waals surface area contributed by atoms with E-state index in [4.69, 9.17) is 22.8 Å². The monoisotopic (exact) mass is 168 g/mol. The zero-order valence-electron chi connectivity index (χ0n) is 4.41. The van der Waals surface area contributed by atoms with Crippen molar-refractivity contribution in [2.45, 2.75) is 18.1 Å². The van der Waals surface area contributed by atoms with E-state index in [1.807, 2.05) is 0 Å². The fourth-order valence-corrected chi connectivity index (χ4v) is 4.35. The largest absolute Gasteiger partial charge is 0.283 e. The highest BCUT2D eigenvalue weighted by Gasteiger charge is 2.25. The molecule has 0 aromatic rings. The van der Waals surface area contributed by atoms with E-state index in [0.29, 0.717) is 5.25 Å². The molecule has 1 aliphatic carbocycles. The van der Waals surface area contributed by atoms with Gasteiger partial charge in [-0.05, 0) is 12.8 Å². The third-order valence-electron chi connectivity index (χ3n) is 0.838. The van der Waals surface area contributed by atoms with Crippen LogP contribution in [0, 0.1) is 0 Å². The molecule has 1 saturated carbocycles. The number of nitrogens with two attached hydrogens (primary N) is 2. The summed E-state index contributed by atoms with van der Waals surface area (Å²) in [6.07, 6.45) is 2.52. The molecule has 0 atom stereocenters. The van der Waals surface area contributed by atoms with Gasteiger partial charge in [0, 0.05) is 5.25 Å². The highest BCUT2D eigenvalue weighted by Crippen LogP contribution is 2.53. The molecule has 4 N–H and O–H groups in total. The zero-order valence-corrected chi connectivity index (χ0v) is 6.94. The van der Waals surface area contributed by atoms with E-state index in [1.165, 1.54) is 12.8 Å². The highest BCUT2D eigenvalue weighted by molar-refractivity contribution is 8.69. The van der Waals surface area contributed by atoms with E-state index in [0.717, 1.165) is 0 Å². The van der Waals surface area contributed by atoms with Gasteiger partial charge in [0.15, 0.2) is 0 Å². The van der Waals surface area contributed by atoms with E-state index < -0.39 is 5.54 Å². The van der Waals surface area contributed by atoms with Crippen LogP contribution in [0.15, 0.2) is 0 Å². The fraction of sp³-hybridized carbons (Fsp3) is 1.00. The smallest absolute Gasteiger partial charge is 0.122 e. The van der Waals surface area contributed by atoms with Gasteiger partial charge < -0.3 is 0 Å². The Labute approximate surface area is 58.2 Å². The molecular weight excluding hydrogens is 159 g/mol. The van der Waals surface area contributed by atoms with Gasteiger partial charge >= 0.3 is 0 Å². The maximum Gasteiger partial charge on any atom is 0.122 e. The van der Waals surface area contributed by atoms with Gasteiger partial charge in [0.2, 0.25) is 0 Å². The van der Waals surface area contributed by atoms with E-state index in [-0.39, 0.29) is 0 Å². The van der Waals surface area contributed by atoms with Gasteiger partial charge in [0.1, 0.15) is 5.54 Å². The van der Waals surface area contributed by atoms with Crippen molar-refractivity contribution in [1.82, 2.24) is 0 Å². The van der Waals surface area contributed by atoms with E-state index in [2.05, 4.69) is 0 Å². The van der Waals surface area contributed by atoms with Crippen LogP contribution >= 0.6 is 16.9 Å². The first-order chi connectivity index (χ1) is 3.58. The molecule has 0 amide bonds. The van der Waals surface area contributed by atoms with Gasteiger partial charge in [-0.2, -0.15) is 0 Å². The van der Waals surface area contributed by atoms with Gasteiger partial charge in [-0.1, -0.05) is 23.2 Å². The minimum absolute atomic E-state index is 0.704. The summed E-state index contributed by atoms with van der Waals surface area (Å²) < 4.78 is 0. The summed E-state index contributed by atoms with van der Waals surface area (Å²) >= 11 is 6.43. The Morgan fingerprint density at radius 3 is 2.12 bits per heavy atom. The lowest BCUT2D eigenvalue weighted by Gasteiger charge is -2.05. The van der Waals surface area contributed by atoms with Crippen molar-refractivity contribution in [3.63, 3.8) is 0 Å². The molecule has 2 nitrogen and oxygen atoms in total. The van der Waals surface area contributed by atoms with Crippen LogP contribution in [0.3, 0.4) is 0 Å². The summed E-state index contributed by atoms with van der Waals surface area (Å²) in [7, 11) is 0. The molecule has 1 rings (SSSR count). The maximum absolute atomic E-state index is 5.44. The molecule has 0 radical (unpaired) electrons. The molecule has 0 aromatic carbocycles. The highest BCUT2D eigenvalue weighted by atomic mass is 32.9. The molecule has 48 valence electrons. The quantitative estimate of drug-likeness (QED) is 0.604. The molecule has 0 aromatic heterocycles. The summed E-state index contributed by atoms with van der Waals surface area (Å²) in [5.74, 6) is 0. The molecule has 0 bridgehead atoms. The van der Waals surface area contributed by atoms with Crippen LogP contribution in [-0.4, -0.2) is 5.25 Å². The predicted molar refractivity (Wildman–Crippen MR) is 43.3 cm³/mol. The summed E-state index contributed by atoms with van der Waals surface area (Å²) in [6, 6.07) is 0. The maximum atomic E-state index is 5.44. The van der Waals surface area contributed by atoms with Crippen LogP contribution in [0.1, 0.15) is 12.8 Å². The topological polar surface area (TPSA) is 52.0 Å². The van der Waals surface area contributed by atoms with E-state index in [1.54, 1.807) is 11.4 Å². The lowest BCUT2D eigenvalue weighted by atomic mass is 11.0. The van der Waals surface area contributed by atoms with Crippen LogP contribution in [0.4, 0.5) is 0 Å². The summed E-state index contributed by atoms with van der Waals surface area (Å²) in [4.78, 5) is 0. The molecule has 5 heteroatoms. The second-order valence-corrected chi connectivity index (χ2v) is 9.07. The number of hydrogen-bond acceptors (Lipinski definition) is 2. The normalized spacial score (nSPS) is 21.2. The van der Waals surface area contributed by atoms with Gasteiger partial charge in [-0.3, -0.25) is 11.0 Å². The number of rotatable bonds is 2. The standard InChI is InChI=1S/C3H9N2PS2/c4-6(5,7)8-3-1-2-3/h3H,1-2H2,(H4,4,5,7). The predicted octanol–water partition coefficient (Wildman–Crippen LogP) is 1.02. The van der Waals surface area contributed by atoms with Crippen LogP contribution in [0.5, 0.6) is 0 Å². The molecule has 1 aliphatic rings. The van der Waals surface area contributed by atoms with Crippen molar-refractivity contribution >= 4 is 28.7 Å². The first-order valence-corrected chi connectivity index (χ1v) is 6.86. The molecule has 1 fully saturated rings. The van der Waals surface area contributed by atoms with Crippen LogP contribution in [0.2, 0.25) is 0 Å². The molecule has 0 aliphatic heterocycles. The van der Waals surface area contributed by atoms with Crippen molar-refractivity contribution in [3.8, 4) is 0 Å². The Balaban J connectivity index is 2.26. The third-order valence-corrected chi connectivity index (χ3v) is 4.59. The Morgan fingerprint density at radius 1 is 1.50 bits per heavy atom. The Kier molecular flexibility index (Phi) is 2.00. The summed E-state index contributed by atoms with van der Waals surface area (Å²) in [5, 5.41) is 0.704. The third kappa shape index (κ3) is 3.05. The lowest BCUT2D eigenvalue weighted by Crippen LogP contribution is -2.00. The van der Waals surface area contributed by atoms with Crippen molar-refractivity contribution in [2.24, 2.45) is 11.0 Å². The van der Waals surface area contributed by atoms with Crippen molar-refractivity contribution < 1.29 is 0 Å². The molecule has 0 spiro atoms. The minimum atomic E-state index is -1.91. The lowest BCUT2D eigenvalue weighted by molar-refractivity contribution is 1.50. The van der Waals surface area contributed by atoms with Crippen molar-refractivity contribution in [2.75, 3.05) is 0 Å². The second-order valence-electron chi connectivity index (χ2n) is 1.95. The molecule has 8 heavy (non-hydrogen) atoms.